The van der Waals surface area contributed by atoms with Gasteiger partial charge in [0, 0.05) is 12.1 Å². The molecule has 140 valence electrons. The van der Waals surface area contributed by atoms with Crippen molar-refractivity contribution < 1.29 is 18.3 Å². The summed E-state index contributed by atoms with van der Waals surface area (Å²) in [6, 6.07) is 10.7. The molecule has 27 heavy (non-hydrogen) atoms. The van der Waals surface area contributed by atoms with Gasteiger partial charge in [-0.3, -0.25) is 9.59 Å². The number of nitrogens with zero attached hydrogens (tertiary/aromatic N) is 3. The Labute approximate surface area is 156 Å². The average Bonchev–Trinajstić information content (AvgIpc) is 2.63. The van der Waals surface area contributed by atoms with Crippen LogP contribution in [-0.2, 0) is 11.3 Å². The summed E-state index contributed by atoms with van der Waals surface area (Å²) < 4.78 is 29.8. The van der Waals surface area contributed by atoms with Gasteiger partial charge < -0.3 is 10.1 Å². The lowest BCUT2D eigenvalue weighted by molar-refractivity contribution is -0.116. The Morgan fingerprint density at radius 3 is 2.78 bits per heavy atom. The number of rotatable bonds is 6. The molecule has 0 aliphatic carbocycles. The zero-order valence-corrected chi connectivity index (χ0v) is 14.5. The van der Waals surface area contributed by atoms with Crippen LogP contribution < -0.4 is 15.6 Å². The number of aromatic nitrogens is 3. The van der Waals surface area contributed by atoms with Crippen LogP contribution in [0.5, 0.6) is 5.75 Å². The smallest absolute Gasteiger partial charge is 0.387 e. The number of nitrogens with one attached hydrogen (secondary N) is 1. The first kappa shape index (κ1) is 18.7. The first-order valence-corrected chi connectivity index (χ1v) is 8.18. The molecule has 7 nitrogen and oxygen atoms in total. The number of anilines is 1. The summed E-state index contributed by atoms with van der Waals surface area (Å²) in [6.45, 7) is -2.97. The van der Waals surface area contributed by atoms with E-state index in [-0.39, 0.29) is 29.3 Å². The highest BCUT2D eigenvalue weighted by Gasteiger charge is 2.11. The lowest BCUT2D eigenvalue weighted by atomic mass is 10.2. The van der Waals surface area contributed by atoms with Crippen molar-refractivity contribution in [3.05, 3.63) is 57.8 Å². The fraction of sp³-hybridized carbons (Fsp3) is 0.176. The summed E-state index contributed by atoms with van der Waals surface area (Å²) in [5, 5.41) is 10.6. The summed E-state index contributed by atoms with van der Waals surface area (Å²) in [5.74, 6) is -0.599. The molecule has 1 aromatic heterocycles. The molecule has 0 unspecified atom stereocenters. The third-order valence-corrected chi connectivity index (χ3v) is 3.91. The van der Waals surface area contributed by atoms with E-state index in [1.165, 1.54) is 18.2 Å². The van der Waals surface area contributed by atoms with Crippen LogP contribution >= 0.6 is 11.6 Å². The predicted molar refractivity (Wildman–Crippen MR) is 95.1 cm³/mol. The summed E-state index contributed by atoms with van der Waals surface area (Å²) in [7, 11) is 0. The molecule has 10 heteroatoms. The maximum absolute atomic E-state index is 12.3. The zero-order chi connectivity index (χ0) is 19.4. The molecule has 0 saturated heterocycles. The second kappa shape index (κ2) is 8.09. The Morgan fingerprint density at radius 2 is 2.04 bits per heavy atom. The SMILES string of the molecule is O=C(CCn1nnc2ccccc2c1=O)Nc1ccc(OC(F)F)c(Cl)c1. The van der Waals surface area contributed by atoms with E-state index < -0.39 is 12.5 Å². The molecule has 0 aliphatic heterocycles. The zero-order valence-electron chi connectivity index (χ0n) is 13.7. The Morgan fingerprint density at radius 1 is 1.26 bits per heavy atom. The first-order valence-electron chi connectivity index (χ1n) is 7.81. The van der Waals surface area contributed by atoms with Crippen molar-refractivity contribution in [1.29, 1.82) is 0 Å². The van der Waals surface area contributed by atoms with Crippen LogP contribution in [0.3, 0.4) is 0 Å². The molecule has 0 radical (unpaired) electrons. The maximum atomic E-state index is 12.3. The van der Waals surface area contributed by atoms with Gasteiger partial charge in [-0.05, 0) is 30.3 Å². The van der Waals surface area contributed by atoms with Gasteiger partial charge >= 0.3 is 6.61 Å². The van der Waals surface area contributed by atoms with Crippen LogP contribution in [0, 0.1) is 0 Å². The van der Waals surface area contributed by atoms with Gasteiger partial charge in [-0.15, -0.1) is 5.10 Å². The van der Waals surface area contributed by atoms with E-state index in [2.05, 4.69) is 20.4 Å². The molecule has 0 atom stereocenters. The van der Waals surface area contributed by atoms with Crippen molar-refractivity contribution >= 4 is 34.1 Å². The highest BCUT2D eigenvalue weighted by Crippen LogP contribution is 2.28. The number of carbonyl (C=O) groups excluding carboxylic acids is 1. The van der Waals surface area contributed by atoms with Crippen LogP contribution in [0.25, 0.3) is 10.9 Å². The van der Waals surface area contributed by atoms with Crippen LogP contribution in [0.15, 0.2) is 47.3 Å². The number of ether oxygens (including phenoxy) is 1. The molecule has 3 rings (SSSR count). The van der Waals surface area contributed by atoms with Crippen molar-refractivity contribution in [2.75, 3.05) is 5.32 Å². The van der Waals surface area contributed by atoms with Crippen LogP contribution in [0.2, 0.25) is 5.02 Å². The Hall–Kier alpha value is -3.07. The topological polar surface area (TPSA) is 86.1 Å². The van der Waals surface area contributed by atoms with Gasteiger partial charge in [-0.25, -0.2) is 4.68 Å². The molecular weight excluding hydrogens is 382 g/mol. The number of fused-ring (bicyclic) bond motifs is 1. The number of amides is 1. The summed E-state index contributed by atoms with van der Waals surface area (Å²) in [5.41, 5.74) is 0.442. The molecule has 0 spiro atoms. The number of hydrogen-bond acceptors (Lipinski definition) is 5. The summed E-state index contributed by atoms with van der Waals surface area (Å²) >= 11 is 5.83. The van der Waals surface area contributed by atoms with Crippen molar-refractivity contribution in [3.8, 4) is 5.75 Å². The third kappa shape index (κ3) is 4.56. The fourth-order valence-electron chi connectivity index (χ4n) is 2.37. The fourth-order valence-corrected chi connectivity index (χ4v) is 2.60. The largest absolute Gasteiger partial charge is 0.433 e. The molecule has 0 aliphatic rings. The maximum Gasteiger partial charge on any atom is 0.387 e. The van der Waals surface area contributed by atoms with E-state index >= 15 is 0 Å². The van der Waals surface area contributed by atoms with Gasteiger partial charge in [0.1, 0.15) is 11.3 Å². The van der Waals surface area contributed by atoms with E-state index in [0.29, 0.717) is 16.6 Å². The van der Waals surface area contributed by atoms with Gasteiger partial charge in [0.05, 0.1) is 17.0 Å². The standard InChI is InChI=1S/C17H13ClF2N4O3/c18-12-9-10(5-6-14(12)27-17(19)20)21-15(25)7-8-24-16(26)11-3-1-2-4-13(11)22-23-24/h1-6,9,17H,7-8H2,(H,21,25). The quantitative estimate of drug-likeness (QED) is 0.694. The van der Waals surface area contributed by atoms with E-state index in [4.69, 9.17) is 11.6 Å². The highest BCUT2D eigenvalue weighted by atomic mass is 35.5. The van der Waals surface area contributed by atoms with Crippen molar-refractivity contribution in [3.63, 3.8) is 0 Å². The molecular formula is C17H13ClF2N4O3. The van der Waals surface area contributed by atoms with Crippen molar-refractivity contribution in [1.82, 2.24) is 15.0 Å². The van der Waals surface area contributed by atoms with E-state index in [1.807, 2.05) is 0 Å². The van der Waals surface area contributed by atoms with Crippen LogP contribution in [0.1, 0.15) is 6.42 Å². The molecule has 1 amide bonds. The van der Waals surface area contributed by atoms with Gasteiger partial charge in [-0.2, -0.15) is 8.78 Å². The number of alkyl halides is 2. The second-order valence-corrected chi connectivity index (χ2v) is 5.86. The van der Waals surface area contributed by atoms with Crippen LogP contribution in [0.4, 0.5) is 14.5 Å². The van der Waals surface area contributed by atoms with E-state index in [0.717, 1.165) is 4.68 Å². The summed E-state index contributed by atoms with van der Waals surface area (Å²) in [6.07, 6.45) is -0.0418. The van der Waals surface area contributed by atoms with E-state index in [9.17, 15) is 18.4 Å². The molecule has 1 N–H and O–H groups in total. The van der Waals surface area contributed by atoms with Crippen molar-refractivity contribution in [2.45, 2.75) is 19.6 Å². The van der Waals surface area contributed by atoms with Gasteiger partial charge in [0.25, 0.3) is 5.56 Å². The molecule has 2 aromatic carbocycles. The lowest BCUT2D eigenvalue weighted by Crippen LogP contribution is -2.26. The monoisotopic (exact) mass is 394 g/mol. The number of carbonyl (C=O) groups is 1. The Bertz CT molecular complexity index is 1040. The lowest BCUT2D eigenvalue weighted by Gasteiger charge is -2.10. The van der Waals surface area contributed by atoms with Gasteiger partial charge in [0.15, 0.2) is 0 Å². The minimum absolute atomic E-state index is 0.0306. The Balaban J connectivity index is 1.64. The molecule has 0 fully saturated rings. The summed E-state index contributed by atoms with van der Waals surface area (Å²) in [4.78, 5) is 24.4. The van der Waals surface area contributed by atoms with Crippen molar-refractivity contribution in [2.24, 2.45) is 0 Å². The first-order chi connectivity index (χ1) is 12.9. The number of benzene rings is 2. The molecule has 1 heterocycles. The van der Waals surface area contributed by atoms with Crippen LogP contribution in [-0.4, -0.2) is 27.5 Å². The minimum atomic E-state index is -3.00. The number of halogens is 3. The third-order valence-electron chi connectivity index (χ3n) is 3.61. The molecule has 3 aromatic rings. The minimum Gasteiger partial charge on any atom is -0.433 e. The van der Waals surface area contributed by atoms with Gasteiger partial charge in [-0.1, -0.05) is 28.9 Å². The Kier molecular flexibility index (Phi) is 5.60. The van der Waals surface area contributed by atoms with E-state index in [1.54, 1.807) is 24.3 Å². The highest BCUT2D eigenvalue weighted by molar-refractivity contribution is 6.32. The van der Waals surface area contributed by atoms with Gasteiger partial charge in [0.2, 0.25) is 5.91 Å². The molecule has 0 bridgehead atoms. The second-order valence-electron chi connectivity index (χ2n) is 5.46. The predicted octanol–water partition coefficient (Wildman–Crippen LogP) is 3.08. The number of aryl methyl sites for hydroxylation is 1. The normalized spacial score (nSPS) is 11.0. The molecule has 0 saturated carbocycles. The average molecular weight is 395 g/mol. The number of hydrogen-bond donors (Lipinski definition) is 1.